The lowest BCUT2D eigenvalue weighted by atomic mass is 10.2. The van der Waals surface area contributed by atoms with E-state index in [4.69, 9.17) is 10.5 Å². The highest BCUT2D eigenvalue weighted by molar-refractivity contribution is 5.34. The fourth-order valence-electron chi connectivity index (χ4n) is 1.42. The molecule has 6 nitrogen and oxygen atoms in total. The number of rotatable bonds is 7. The van der Waals surface area contributed by atoms with Crippen molar-refractivity contribution in [2.75, 3.05) is 30.8 Å². The molecule has 0 atom stereocenters. The Balaban J connectivity index is 2.67. The van der Waals surface area contributed by atoms with Gasteiger partial charge in [0, 0.05) is 13.6 Å². The Morgan fingerprint density at radius 2 is 1.94 bits per heavy atom. The molecule has 0 fully saturated rings. The highest BCUT2D eigenvalue weighted by atomic mass is 16.5. The Morgan fingerprint density at radius 1 is 1.18 bits per heavy atom. The molecule has 0 saturated heterocycles. The van der Waals surface area contributed by atoms with E-state index in [0.29, 0.717) is 12.6 Å². The fourth-order valence-corrected chi connectivity index (χ4v) is 1.42. The molecule has 1 heterocycles. The summed E-state index contributed by atoms with van der Waals surface area (Å²) < 4.78 is 5.23. The first-order valence-electron chi connectivity index (χ1n) is 6.02. The molecule has 0 aliphatic heterocycles. The first kappa shape index (κ1) is 13.5. The second-order valence-electron chi connectivity index (χ2n) is 3.84. The van der Waals surface area contributed by atoms with E-state index in [1.54, 1.807) is 0 Å². The van der Waals surface area contributed by atoms with Crippen molar-refractivity contribution in [1.82, 2.24) is 15.0 Å². The van der Waals surface area contributed by atoms with Crippen LogP contribution in [0.1, 0.15) is 33.1 Å². The average Bonchev–Trinajstić information content (AvgIpc) is 2.29. The number of hydrogen-bond acceptors (Lipinski definition) is 6. The van der Waals surface area contributed by atoms with Crippen LogP contribution in [0.15, 0.2) is 0 Å². The summed E-state index contributed by atoms with van der Waals surface area (Å²) in [6.07, 6.45) is 3.50. The van der Waals surface area contributed by atoms with Gasteiger partial charge in [0.1, 0.15) is 0 Å². The van der Waals surface area contributed by atoms with Gasteiger partial charge in [0.05, 0.1) is 6.61 Å². The van der Waals surface area contributed by atoms with Gasteiger partial charge in [0.25, 0.3) is 0 Å². The summed E-state index contributed by atoms with van der Waals surface area (Å²) in [6.45, 7) is 5.48. The SMILES string of the molecule is CCCCCN(C)c1nc(N)nc(OCC)n1. The third-order valence-corrected chi connectivity index (χ3v) is 2.33. The topological polar surface area (TPSA) is 77.2 Å². The Morgan fingerprint density at radius 3 is 2.59 bits per heavy atom. The minimum atomic E-state index is 0.195. The van der Waals surface area contributed by atoms with Gasteiger partial charge in [-0.1, -0.05) is 19.8 Å². The zero-order valence-corrected chi connectivity index (χ0v) is 10.8. The lowest BCUT2D eigenvalue weighted by Gasteiger charge is -2.17. The molecule has 1 rings (SSSR count). The van der Waals surface area contributed by atoms with Gasteiger partial charge in [0.2, 0.25) is 11.9 Å². The summed E-state index contributed by atoms with van der Waals surface area (Å²) in [4.78, 5) is 14.2. The first-order valence-corrected chi connectivity index (χ1v) is 6.02. The number of nitrogen functional groups attached to an aromatic ring is 1. The van der Waals surface area contributed by atoms with Crippen molar-refractivity contribution in [1.29, 1.82) is 0 Å². The van der Waals surface area contributed by atoms with Crippen molar-refractivity contribution >= 4 is 11.9 Å². The monoisotopic (exact) mass is 239 g/mol. The molecule has 0 radical (unpaired) electrons. The Labute approximate surface area is 102 Å². The fraction of sp³-hybridized carbons (Fsp3) is 0.727. The van der Waals surface area contributed by atoms with Crippen LogP contribution in [0, 0.1) is 0 Å². The number of unbranched alkanes of at least 4 members (excludes halogenated alkanes) is 2. The van der Waals surface area contributed by atoms with Crippen LogP contribution >= 0.6 is 0 Å². The van der Waals surface area contributed by atoms with Crippen molar-refractivity contribution in [3.05, 3.63) is 0 Å². The van der Waals surface area contributed by atoms with E-state index < -0.39 is 0 Å². The Bertz CT molecular complexity index is 345. The molecule has 6 heteroatoms. The second-order valence-corrected chi connectivity index (χ2v) is 3.84. The molecule has 0 unspecified atom stereocenters. The molecule has 2 N–H and O–H groups in total. The highest BCUT2D eigenvalue weighted by Gasteiger charge is 2.09. The number of hydrogen-bond donors (Lipinski definition) is 1. The number of anilines is 2. The molecule has 17 heavy (non-hydrogen) atoms. The van der Waals surface area contributed by atoms with Crippen molar-refractivity contribution in [3.8, 4) is 6.01 Å². The Kier molecular flexibility index (Phi) is 5.45. The van der Waals surface area contributed by atoms with E-state index in [1.807, 2.05) is 18.9 Å². The predicted octanol–water partition coefficient (Wildman–Crippen LogP) is 1.48. The molecule has 0 spiro atoms. The number of nitrogens with zero attached hydrogens (tertiary/aromatic N) is 4. The van der Waals surface area contributed by atoms with Gasteiger partial charge in [0.15, 0.2) is 0 Å². The van der Waals surface area contributed by atoms with E-state index in [2.05, 4.69) is 21.9 Å². The van der Waals surface area contributed by atoms with Gasteiger partial charge >= 0.3 is 6.01 Å². The molecule has 0 amide bonds. The van der Waals surface area contributed by atoms with Crippen LogP contribution in [-0.2, 0) is 0 Å². The smallest absolute Gasteiger partial charge is 0.323 e. The van der Waals surface area contributed by atoms with E-state index in [9.17, 15) is 0 Å². The summed E-state index contributed by atoms with van der Waals surface area (Å²) >= 11 is 0. The van der Waals surface area contributed by atoms with Crippen molar-refractivity contribution in [2.24, 2.45) is 0 Å². The van der Waals surface area contributed by atoms with Crippen molar-refractivity contribution in [3.63, 3.8) is 0 Å². The molecule has 0 bridgehead atoms. The van der Waals surface area contributed by atoms with Gasteiger partial charge < -0.3 is 15.4 Å². The lowest BCUT2D eigenvalue weighted by Crippen LogP contribution is -2.22. The van der Waals surface area contributed by atoms with Gasteiger partial charge in [-0.25, -0.2) is 0 Å². The normalized spacial score (nSPS) is 10.3. The first-order chi connectivity index (χ1) is 8.17. The van der Waals surface area contributed by atoms with E-state index >= 15 is 0 Å². The highest BCUT2D eigenvalue weighted by Crippen LogP contribution is 2.12. The maximum absolute atomic E-state index is 5.61. The summed E-state index contributed by atoms with van der Waals surface area (Å²) in [7, 11) is 1.94. The van der Waals surface area contributed by atoms with E-state index in [1.165, 1.54) is 12.8 Å². The molecule has 0 aromatic carbocycles. The number of aromatic nitrogens is 3. The molecule has 96 valence electrons. The number of ether oxygens (including phenoxy) is 1. The van der Waals surface area contributed by atoms with Gasteiger partial charge in [-0.2, -0.15) is 15.0 Å². The van der Waals surface area contributed by atoms with Gasteiger partial charge in [-0.05, 0) is 13.3 Å². The van der Waals surface area contributed by atoms with Crippen molar-refractivity contribution < 1.29 is 4.74 Å². The average molecular weight is 239 g/mol. The molecular weight excluding hydrogens is 218 g/mol. The van der Waals surface area contributed by atoms with Crippen molar-refractivity contribution in [2.45, 2.75) is 33.1 Å². The molecule has 1 aromatic rings. The third kappa shape index (κ3) is 4.42. The molecule has 0 aliphatic carbocycles. The summed E-state index contributed by atoms with van der Waals surface area (Å²) in [5.41, 5.74) is 5.61. The maximum atomic E-state index is 5.61. The molecule has 0 aliphatic rings. The summed E-state index contributed by atoms with van der Waals surface area (Å²) in [6, 6.07) is 0.289. The van der Waals surface area contributed by atoms with E-state index in [0.717, 1.165) is 13.0 Å². The van der Waals surface area contributed by atoms with Crippen LogP contribution in [-0.4, -0.2) is 35.2 Å². The van der Waals surface area contributed by atoms with Crippen LogP contribution in [0.3, 0.4) is 0 Å². The minimum absolute atomic E-state index is 0.195. The third-order valence-electron chi connectivity index (χ3n) is 2.33. The quantitative estimate of drug-likeness (QED) is 0.726. The minimum Gasteiger partial charge on any atom is -0.464 e. The lowest BCUT2D eigenvalue weighted by molar-refractivity contribution is 0.312. The van der Waals surface area contributed by atoms with Crippen LogP contribution in [0.2, 0.25) is 0 Å². The zero-order chi connectivity index (χ0) is 12.7. The predicted molar refractivity (Wildman–Crippen MR) is 68.2 cm³/mol. The Hall–Kier alpha value is -1.59. The summed E-state index contributed by atoms with van der Waals surface area (Å²) in [5.74, 6) is 0.762. The van der Waals surface area contributed by atoms with Crippen LogP contribution < -0.4 is 15.4 Å². The van der Waals surface area contributed by atoms with E-state index in [-0.39, 0.29) is 12.0 Å². The van der Waals surface area contributed by atoms with Crippen LogP contribution in [0.25, 0.3) is 0 Å². The van der Waals surface area contributed by atoms with Crippen LogP contribution in [0.5, 0.6) is 6.01 Å². The number of nitrogens with two attached hydrogens (primary N) is 1. The van der Waals surface area contributed by atoms with Gasteiger partial charge in [-0.3, -0.25) is 0 Å². The van der Waals surface area contributed by atoms with Gasteiger partial charge in [-0.15, -0.1) is 0 Å². The zero-order valence-electron chi connectivity index (χ0n) is 10.8. The molecule has 0 saturated carbocycles. The molecular formula is C11H21N5O. The second kappa shape index (κ2) is 6.88. The standard InChI is InChI=1S/C11H21N5O/c1-4-6-7-8-16(3)10-13-9(12)14-11(15-10)17-5-2/h4-8H2,1-3H3,(H2,12,13,14,15). The van der Waals surface area contributed by atoms with Crippen LogP contribution in [0.4, 0.5) is 11.9 Å². The largest absolute Gasteiger partial charge is 0.464 e. The maximum Gasteiger partial charge on any atom is 0.323 e. The summed E-state index contributed by atoms with van der Waals surface area (Å²) in [5, 5.41) is 0. The molecule has 1 aromatic heterocycles.